The third-order valence-corrected chi connectivity index (χ3v) is 4.50. The minimum absolute atomic E-state index is 0.0539. The zero-order valence-corrected chi connectivity index (χ0v) is 12.2. The van der Waals surface area contributed by atoms with Crippen LogP contribution in [0.5, 0.6) is 0 Å². The van der Waals surface area contributed by atoms with E-state index in [0.717, 1.165) is 18.7 Å². The van der Waals surface area contributed by atoms with Crippen LogP contribution >= 0.6 is 0 Å². The number of nitrogens with two attached hydrogens (primary N) is 1. The summed E-state index contributed by atoms with van der Waals surface area (Å²) in [4.78, 5) is 2.46. The van der Waals surface area contributed by atoms with E-state index in [4.69, 9.17) is 5.73 Å². The zero-order valence-electron chi connectivity index (χ0n) is 12.2. The van der Waals surface area contributed by atoms with Crippen molar-refractivity contribution < 1.29 is 4.39 Å². The van der Waals surface area contributed by atoms with Crippen LogP contribution in [0.3, 0.4) is 0 Å². The first-order valence-corrected chi connectivity index (χ1v) is 7.14. The van der Waals surface area contributed by atoms with Crippen molar-refractivity contribution in [3.05, 3.63) is 35.6 Å². The van der Waals surface area contributed by atoms with Gasteiger partial charge in [-0.3, -0.25) is 4.90 Å². The summed E-state index contributed by atoms with van der Waals surface area (Å²) < 4.78 is 12.9. The van der Waals surface area contributed by atoms with Gasteiger partial charge in [-0.1, -0.05) is 26.0 Å². The van der Waals surface area contributed by atoms with E-state index in [2.05, 4.69) is 25.7 Å². The highest BCUT2D eigenvalue weighted by Crippen LogP contribution is 2.32. The van der Waals surface area contributed by atoms with Crippen molar-refractivity contribution in [3.8, 4) is 0 Å². The number of hydrogen-bond acceptors (Lipinski definition) is 2. The van der Waals surface area contributed by atoms with Gasteiger partial charge in [-0.2, -0.15) is 0 Å². The summed E-state index contributed by atoms with van der Waals surface area (Å²) >= 11 is 0. The lowest BCUT2D eigenvalue weighted by atomic mass is 9.82. The van der Waals surface area contributed by atoms with Gasteiger partial charge < -0.3 is 5.73 Å². The highest BCUT2D eigenvalue weighted by atomic mass is 19.1. The van der Waals surface area contributed by atoms with Crippen molar-refractivity contribution >= 4 is 0 Å². The Bertz CT molecular complexity index is 403. The Balaban J connectivity index is 1.99. The van der Waals surface area contributed by atoms with Gasteiger partial charge in [0.05, 0.1) is 0 Å². The van der Waals surface area contributed by atoms with E-state index in [0.29, 0.717) is 11.5 Å². The number of benzene rings is 1. The quantitative estimate of drug-likeness (QED) is 0.907. The summed E-state index contributed by atoms with van der Waals surface area (Å²) in [5.41, 5.74) is 7.79. The number of halogens is 1. The maximum atomic E-state index is 12.9. The van der Waals surface area contributed by atoms with Crippen LogP contribution in [0.2, 0.25) is 0 Å². The molecule has 2 N–H and O–H groups in total. The van der Waals surface area contributed by atoms with Crippen molar-refractivity contribution in [2.24, 2.45) is 11.1 Å². The van der Waals surface area contributed by atoms with Gasteiger partial charge >= 0.3 is 0 Å². The first-order valence-electron chi connectivity index (χ1n) is 7.14. The first-order chi connectivity index (χ1) is 8.89. The van der Waals surface area contributed by atoms with Crippen molar-refractivity contribution in [1.82, 2.24) is 4.90 Å². The smallest absolute Gasteiger partial charge is 0.123 e. The fourth-order valence-corrected chi connectivity index (χ4v) is 2.73. The molecule has 0 bridgehead atoms. The van der Waals surface area contributed by atoms with Crippen LogP contribution in [0, 0.1) is 11.2 Å². The molecule has 0 aliphatic carbocycles. The Hall–Kier alpha value is -0.930. The molecule has 0 saturated carbocycles. The molecule has 1 aromatic rings. The number of rotatable bonds is 3. The van der Waals surface area contributed by atoms with E-state index < -0.39 is 0 Å². The van der Waals surface area contributed by atoms with Gasteiger partial charge in [-0.25, -0.2) is 4.39 Å². The molecule has 1 saturated heterocycles. The maximum Gasteiger partial charge on any atom is 0.123 e. The van der Waals surface area contributed by atoms with Crippen molar-refractivity contribution in [2.75, 3.05) is 13.1 Å². The van der Waals surface area contributed by atoms with Gasteiger partial charge in [-0.05, 0) is 56.0 Å². The lowest BCUT2D eigenvalue weighted by Crippen LogP contribution is -2.46. The minimum atomic E-state index is -0.205. The maximum absolute atomic E-state index is 12.9. The largest absolute Gasteiger partial charge is 0.323 e. The standard InChI is InChI=1S/C16H25FN2/c1-12(19-10-8-16(2,3)9-11-19)15(18)13-4-6-14(17)7-5-13/h4-7,12,15H,8-11,18H2,1-3H3. The van der Waals surface area contributed by atoms with Gasteiger partial charge in [0.15, 0.2) is 0 Å². The predicted octanol–water partition coefficient (Wildman–Crippen LogP) is 3.34. The van der Waals surface area contributed by atoms with Gasteiger partial charge in [0.25, 0.3) is 0 Å². The van der Waals surface area contributed by atoms with Crippen molar-refractivity contribution in [2.45, 2.75) is 45.7 Å². The van der Waals surface area contributed by atoms with Crippen molar-refractivity contribution in [3.63, 3.8) is 0 Å². The summed E-state index contributed by atoms with van der Waals surface area (Å²) in [7, 11) is 0. The second-order valence-corrected chi connectivity index (χ2v) is 6.52. The highest BCUT2D eigenvalue weighted by molar-refractivity contribution is 5.21. The predicted molar refractivity (Wildman–Crippen MR) is 77.4 cm³/mol. The van der Waals surface area contributed by atoms with Crippen LogP contribution in [-0.2, 0) is 0 Å². The van der Waals surface area contributed by atoms with Crippen molar-refractivity contribution in [1.29, 1.82) is 0 Å². The third kappa shape index (κ3) is 3.54. The number of nitrogens with zero attached hydrogens (tertiary/aromatic N) is 1. The number of piperidine rings is 1. The molecule has 2 rings (SSSR count). The average Bonchev–Trinajstić information content (AvgIpc) is 2.38. The zero-order chi connectivity index (χ0) is 14.0. The molecule has 2 atom stereocenters. The van der Waals surface area contributed by atoms with Crippen LogP contribution in [0.15, 0.2) is 24.3 Å². The SMILES string of the molecule is CC(C(N)c1ccc(F)cc1)N1CCC(C)(C)CC1. The van der Waals surface area contributed by atoms with Crippen LogP contribution in [0.4, 0.5) is 4.39 Å². The second kappa shape index (κ2) is 5.59. The molecule has 1 aliphatic heterocycles. The topological polar surface area (TPSA) is 29.3 Å². The van der Waals surface area contributed by atoms with E-state index >= 15 is 0 Å². The molecule has 1 aromatic carbocycles. The summed E-state index contributed by atoms with van der Waals surface area (Å²) in [6.07, 6.45) is 2.43. The van der Waals surface area contributed by atoms with Gasteiger partial charge in [0.2, 0.25) is 0 Å². The molecular weight excluding hydrogens is 239 g/mol. The lowest BCUT2D eigenvalue weighted by Gasteiger charge is -2.41. The molecule has 1 fully saturated rings. The molecule has 0 amide bonds. The lowest BCUT2D eigenvalue weighted by molar-refractivity contribution is 0.0895. The van der Waals surface area contributed by atoms with E-state index in [-0.39, 0.29) is 11.9 Å². The molecule has 0 spiro atoms. The van der Waals surface area contributed by atoms with Crippen LogP contribution in [0.25, 0.3) is 0 Å². The normalized spacial score (nSPS) is 23.0. The Morgan fingerprint density at radius 1 is 1.16 bits per heavy atom. The highest BCUT2D eigenvalue weighted by Gasteiger charge is 2.30. The van der Waals surface area contributed by atoms with E-state index in [1.165, 1.54) is 25.0 Å². The summed E-state index contributed by atoms with van der Waals surface area (Å²) in [5, 5.41) is 0. The van der Waals surface area contributed by atoms with Gasteiger partial charge in [0, 0.05) is 12.1 Å². The summed E-state index contributed by atoms with van der Waals surface area (Å²) in [6.45, 7) is 9.03. The molecule has 1 heterocycles. The monoisotopic (exact) mass is 264 g/mol. The molecule has 3 heteroatoms. The van der Waals surface area contributed by atoms with E-state index in [9.17, 15) is 4.39 Å². The molecule has 2 nitrogen and oxygen atoms in total. The molecule has 19 heavy (non-hydrogen) atoms. The molecule has 2 unspecified atom stereocenters. The molecule has 0 radical (unpaired) electrons. The van der Waals surface area contributed by atoms with Crippen LogP contribution in [0.1, 0.15) is 45.2 Å². The minimum Gasteiger partial charge on any atom is -0.323 e. The Labute approximate surface area is 115 Å². The first kappa shape index (κ1) is 14.5. The molecular formula is C16H25FN2. The average molecular weight is 264 g/mol. The van der Waals surface area contributed by atoms with E-state index in [1.807, 2.05) is 0 Å². The Morgan fingerprint density at radius 2 is 1.68 bits per heavy atom. The number of likely N-dealkylation sites (tertiary alicyclic amines) is 1. The molecule has 106 valence electrons. The molecule has 1 aliphatic rings. The van der Waals surface area contributed by atoms with E-state index in [1.54, 1.807) is 12.1 Å². The Kier molecular flexibility index (Phi) is 4.26. The fourth-order valence-electron chi connectivity index (χ4n) is 2.73. The van der Waals surface area contributed by atoms with Gasteiger partial charge in [-0.15, -0.1) is 0 Å². The number of hydrogen-bond donors (Lipinski definition) is 1. The third-order valence-electron chi connectivity index (χ3n) is 4.50. The van der Waals surface area contributed by atoms with Crippen LogP contribution < -0.4 is 5.73 Å². The molecule has 0 aromatic heterocycles. The summed E-state index contributed by atoms with van der Waals surface area (Å²) in [6, 6.07) is 6.81. The Morgan fingerprint density at radius 3 is 2.21 bits per heavy atom. The van der Waals surface area contributed by atoms with Gasteiger partial charge in [0.1, 0.15) is 5.82 Å². The summed E-state index contributed by atoms with van der Waals surface area (Å²) in [5.74, 6) is -0.205. The van der Waals surface area contributed by atoms with Crippen LogP contribution in [-0.4, -0.2) is 24.0 Å². The second-order valence-electron chi connectivity index (χ2n) is 6.52. The fraction of sp³-hybridized carbons (Fsp3) is 0.625.